The van der Waals surface area contributed by atoms with E-state index in [9.17, 15) is 9.90 Å². The fourth-order valence-corrected chi connectivity index (χ4v) is 3.72. The Bertz CT molecular complexity index is 890. The minimum absolute atomic E-state index is 0.0808. The Morgan fingerprint density at radius 3 is 2.86 bits per heavy atom. The summed E-state index contributed by atoms with van der Waals surface area (Å²) >= 11 is 5.56. The van der Waals surface area contributed by atoms with Gasteiger partial charge in [0.05, 0.1) is 12.6 Å². The molecule has 152 valence electrons. The zero-order chi connectivity index (χ0) is 20.1. The number of pyridine rings is 1. The fraction of sp³-hybridized carbons (Fsp3) is 0.524. The maximum atomic E-state index is 12.6. The summed E-state index contributed by atoms with van der Waals surface area (Å²) in [5.41, 5.74) is 3.75. The zero-order valence-corrected chi connectivity index (χ0v) is 17.4. The number of nitrogens with zero attached hydrogens (tertiary/aromatic N) is 1. The number of hydrogen-bond donors (Lipinski definition) is 3. The summed E-state index contributed by atoms with van der Waals surface area (Å²) in [6, 6.07) is 6.04. The lowest BCUT2D eigenvalue weighted by Crippen LogP contribution is -2.43. The summed E-state index contributed by atoms with van der Waals surface area (Å²) in [7, 11) is 0. The van der Waals surface area contributed by atoms with Crippen molar-refractivity contribution in [3.05, 3.63) is 45.2 Å². The smallest absolute Gasteiger partial charge is 0.253 e. The molecule has 3 N–H and O–H groups in total. The second-order valence-corrected chi connectivity index (χ2v) is 7.85. The van der Waals surface area contributed by atoms with Crippen LogP contribution >= 0.6 is 12.2 Å². The number of fused-ring (bicyclic) bond motifs is 1. The van der Waals surface area contributed by atoms with Gasteiger partial charge < -0.3 is 25.0 Å². The van der Waals surface area contributed by atoms with E-state index in [1.807, 2.05) is 24.0 Å². The average Bonchev–Trinajstić information content (AvgIpc) is 3.18. The highest BCUT2D eigenvalue weighted by molar-refractivity contribution is 7.80. The van der Waals surface area contributed by atoms with E-state index >= 15 is 0 Å². The number of rotatable bonds is 7. The van der Waals surface area contributed by atoms with Gasteiger partial charge in [0.15, 0.2) is 5.11 Å². The lowest BCUT2D eigenvalue weighted by molar-refractivity contribution is 0.113. The monoisotopic (exact) mass is 403 g/mol. The number of aromatic nitrogens is 1. The molecular weight excluding hydrogens is 374 g/mol. The van der Waals surface area contributed by atoms with Gasteiger partial charge in [-0.15, -0.1) is 0 Å². The van der Waals surface area contributed by atoms with Crippen LogP contribution < -0.4 is 10.9 Å². The molecule has 0 saturated carbocycles. The first-order chi connectivity index (χ1) is 13.5. The highest BCUT2D eigenvalue weighted by atomic mass is 32.1. The molecule has 1 fully saturated rings. The van der Waals surface area contributed by atoms with Crippen molar-refractivity contribution in [1.82, 2.24) is 15.2 Å². The summed E-state index contributed by atoms with van der Waals surface area (Å²) in [6.45, 7) is 6.64. The second kappa shape index (κ2) is 9.49. The average molecular weight is 404 g/mol. The van der Waals surface area contributed by atoms with Gasteiger partial charge >= 0.3 is 0 Å². The first-order valence-corrected chi connectivity index (χ1v) is 10.3. The van der Waals surface area contributed by atoms with Gasteiger partial charge in [0.2, 0.25) is 0 Å². The molecule has 1 aromatic carbocycles. The Morgan fingerprint density at radius 2 is 2.14 bits per heavy atom. The fourth-order valence-electron chi connectivity index (χ4n) is 3.48. The van der Waals surface area contributed by atoms with Crippen molar-refractivity contribution < 1.29 is 9.84 Å². The molecule has 3 rings (SSSR count). The molecule has 1 aliphatic rings. The quantitative estimate of drug-likeness (QED) is 0.616. The van der Waals surface area contributed by atoms with Gasteiger partial charge in [-0.2, -0.15) is 0 Å². The van der Waals surface area contributed by atoms with Crippen molar-refractivity contribution in [2.24, 2.45) is 0 Å². The van der Waals surface area contributed by atoms with E-state index in [4.69, 9.17) is 17.0 Å². The predicted octanol–water partition coefficient (Wildman–Crippen LogP) is 2.38. The van der Waals surface area contributed by atoms with Crippen molar-refractivity contribution in [3.63, 3.8) is 0 Å². The van der Waals surface area contributed by atoms with E-state index in [-0.39, 0.29) is 18.3 Å². The van der Waals surface area contributed by atoms with Crippen LogP contribution in [-0.2, 0) is 11.3 Å². The molecular formula is C21H29N3O3S. The third-order valence-electron chi connectivity index (χ3n) is 5.27. The highest BCUT2D eigenvalue weighted by Crippen LogP contribution is 2.18. The van der Waals surface area contributed by atoms with Gasteiger partial charge in [-0.1, -0.05) is 0 Å². The molecule has 1 saturated heterocycles. The minimum Gasteiger partial charge on any atom is -0.396 e. The van der Waals surface area contributed by atoms with Gasteiger partial charge in [0.1, 0.15) is 0 Å². The molecule has 0 radical (unpaired) electrons. The molecule has 7 heteroatoms. The van der Waals surface area contributed by atoms with Crippen LogP contribution in [0.3, 0.4) is 0 Å². The normalized spacial score (nSPS) is 16.5. The molecule has 1 aliphatic heterocycles. The molecule has 1 atom stereocenters. The predicted molar refractivity (Wildman–Crippen MR) is 116 cm³/mol. The second-order valence-electron chi connectivity index (χ2n) is 7.47. The van der Waals surface area contributed by atoms with E-state index in [2.05, 4.69) is 23.3 Å². The molecule has 0 unspecified atom stereocenters. The van der Waals surface area contributed by atoms with Gasteiger partial charge in [0, 0.05) is 37.4 Å². The lowest BCUT2D eigenvalue weighted by atomic mass is 10.0. The standard InChI is InChI=1S/C21H29N3O3S/c1-14-9-16-11-17(20(26)23-19(16)10-15(14)2)13-24(6-4-7-25)21(28)22-12-18-5-3-8-27-18/h9-11,18,25H,3-8,12-13H2,1-2H3,(H,22,28)(H,23,26)/t18-/m0/s1. The van der Waals surface area contributed by atoms with Gasteiger partial charge in [-0.25, -0.2) is 0 Å². The first-order valence-electron chi connectivity index (χ1n) is 9.86. The number of H-pyrrole nitrogens is 1. The van der Waals surface area contributed by atoms with E-state index in [1.165, 1.54) is 5.56 Å². The molecule has 0 bridgehead atoms. The van der Waals surface area contributed by atoms with Crippen molar-refractivity contribution in [3.8, 4) is 0 Å². The van der Waals surface area contributed by atoms with Crippen LogP contribution in [0.5, 0.6) is 0 Å². The van der Waals surface area contributed by atoms with Crippen LogP contribution in [-0.4, -0.2) is 52.5 Å². The number of benzene rings is 1. The zero-order valence-electron chi connectivity index (χ0n) is 16.6. The Morgan fingerprint density at radius 1 is 1.36 bits per heavy atom. The van der Waals surface area contributed by atoms with Gasteiger partial charge in [-0.3, -0.25) is 4.79 Å². The number of aliphatic hydroxyl groups is 1. The molecule has 2 aromatic rings. The molecule has 28 heavy (non-hydrogen) atoms. The SMILES string of the molecule is Cc1cc2cc(CN(CCCO)C(=S)NC[C@@H]3CCCO3)c(=O)[nH]c2cc1C. The highest BCUT2D eigenvalue weighted by Gasteiger charge is 2.18. The van der Waals surface area contributed by atoms with E-state index in [0.29, 0.717) is 36.7 Å². The van der Waals surface area contributed by atoms with Crippen molar-refractivity contribution in [2.75, 3.05) is 26.3 Å². The largest absolute Gasteiger partial charge is 0.396 e. The van der Waals surface area contributed by atoms with E-state index in [0.717, 1.165) is 35.9 Å². The summed E-state index contributed by atoms with van der Waals surface area (Å²) in [4.78, 5) is 17.5. The van der Waals surface area contributed by atoms with E-state index < -0.39 is 0 Å². The van der Waals surface area contributed by atoms with Crippen LogP contribution in [0.4, 0.5) is 0 Å². The number of aromatic amines is 1. The third-order valence-corrected chi connectivity index (χ3v) is 5.68. The first kappa shape index (κ1) is 20.8. The Hall–Kier alpha value is -1.96. The number of ether oxygens (including phenoxy) is 1. The van der Waals surface area contributed by atoms with E-state index in [1.54, 1.807) is 0 Å². The summed E-state index contributed by atoms with van der Waals surface area (Å²) in [5.74, 6) is 0. The Balaban J connectivity index is 1.77. The number of nitrogens with one attached hydrogen (secondary N) is 2. The van der Waals surface area contributed by atoms with Crippen LogP contribution in [0.1, 0.15) is 36.0 Å². The van der Waals surface area contributed by atoms with Crippen LogP contribution in [0.15, 0.2) is 23.0 Å². The van der Waals surface area contributed by atoms with Gasteiger partial charge in [-0.05, 0) is 80.0 Å². The summed E-state index contributed by atoms with van der Waals surface area (Å²) in [5, 5.41) is 14.1. The van der Waals surface area contributed by atoms with Crippen molar-refractivity contribution in [1.29, 1.82) is 0 Å². The van der Waals surface area contributed by atoms with Crippen LogP contribution in [0, 0.1) is 13.8 Å². The number of thiocarbonyl (C=S) groups is 1. The molecule has 6 nitrogen and oxygen atoms in total. The molecule has 0 spiro atoms. The van der Waals surface area contributed by atoms with Crippen LogP contribution in [0.25, 0.3) is 10.9 Å². The summed E-state index contributed by atoms with van der Waals surface area (Å²) in [6.07, 6.45) is 2.90. The minimum atomic E-state index is -0.105. The number of hydrogen-bond acceptors (Lipinski definition) is 4. The third kappa shape index (κ3) is 5.10. The molecule has 2 heterocycles. The molecule has 0 amide bonds. The lowest BCUT2D eigenvalue weighted by Gasteiger charge is -2.26. The van der Waals surface area contributed by atoms with Crippen molar-refractivity contribution in [2.45, 2.75) is 45.8 Å². The Kier molecular flexibility index (Phi) is 7.04. The number of aliphatic hydroxyl groups excluding tert-OH is 1. The Labute approximate surface area is 170 Å². The maximum Gasteiger partial charge on any atom is 0.253 e. The topological polar surface area (TPSA) is 77.6 Å². The molecule has 0 aliphatic carbocycles. The number of aryl methyl sites for hydroxylation is 2. The molecule has 1 aromatic heterocycles. The maximum absolute atomic E-state index is 12.6. The summed E-state index contributed by atoms with van der Waals surface area (Å²) < 4.78 is 5.63. The van der Waals surface area contributed by atoms with Crippen molar-refractivity contribution >= 4 is 28.2 Å². The van der Waals surface area contributed by atoms with Crippen LogP contribution in [0.2, 0.25) is 0 Å². The van der Waals surface area contributed by atoms with Gasteiger partial charge in [0.25, 0.3) is 5.56 Å².